The number of halogens is 5. The Morgan fingerprint density at radius 2 is 1.34 bits per heavy atom. The second-order valence-corrected chi connectivity index (χ2v) is 5.62. The quantitative estimate of drug-likeness (QED) is 0.444. The topological polar surface area (TPSA) is 74.5 Å². The molecule has 0 spiro atoms. The number of esters is 1. The Morgan fingerprint density at radius 3 is 1.79 bits per heavy atom. The van der Waals surface area contributed by atoms with Crippen LogP contribution < -0.4 is 4.74 Å². The highest BCUT2D eigenvalue weighted by Crippen LogP contribution is 2.37. The summed E-state index contributed by atoms with van der Waals surface area (Å²) < 4.78 is 76.1. The van der Waals surface area contributed by atoms with E-state index in [0.717, 1.165) is 12.1 Å². The predicted octanol–water partition coefficient (Wildman–Crippen LogP) is 4.72. The third kappa shape index (κ3) is 4.33. The van der Waals surface area contributed by atoms with Crippen molar-refractivity contribution in [3.05, 3.63) is 54.1 Å². The number of carbonyl (C=O) groups excluding carboxylic acids is 1. The van der Waals surface area contributed by atoms with Gasteiger partial charge in [-0.25, -0.2) is 4.79 Å². The van der Waals surface area contributed by atoms with Crippen LogP contribution in [0.3, 0.4) is 0 Å². The van der Waals surface area contributed by atoms with Crippen LogP contribution in [-0.2, 0) is 4.74 Å². The molecule has 2 aromatic carbocycles. The van der Waals surface area contributed by atoms with Crippen molar-refractivity contribution in [2.75, 3.05) is 7.11 Å². The molecule has 6 nitrogen and oxygen atoms in total. The summed E-state index contributed by atoms with van der Waals surface area (Å²) in [6, 6.07) is 10.3. The maximum Gasteiger partial charge on any atom is 0.499 e. The molecule has 0 atom stereocenters. The van der Waals surface area contributed by atoms with E-state index in [9.17, 15) is 26.7 Å². The molecule has 0 saturated heterocycles. The van der Waals surface area contributed by atoms with Gasteiger partial charge < -0.3 is 13.9 Å². The molecule has 3 rings (SSSR count). The van der Waals surface area contributed by atoms with E-state index in [2.05, 4.69) is 19.7 Å². The number of hydrogen-bond acceptors (Lipinski definition) is 6. The SMILES string of the molecule is COC(=O)c1ccc(-c2nnc(-c3ccc(OC(F)(F)C(F)(F)F)cc3)o2)cc1. The number of alkyl halides is 5. The largest absolute Gasteiger partial charge is 0.499 e. The molecule has 0 aliphatic rings. The van der Waals surface area contributed by atoms with Crippen molar-refractivity contribution < 1.29 is 40.6 Å². The summed E-state index contributed by atoms with van der Waals surface area (Å²) in [5.41, 5.74) is 1.10. The monoisotopic (exact) mass is 414 g/mol. The van der Waals surface area contributed by atoms with Crippen molar-refractivity contribution in [1.29, 1.82) is 0 Å². The standard InChI is InChI=1S/C18H11F5N2O4/c1-27-16(26)12-4-2-10(3-5-12)14-24-25-15(28-14)11-6-8-13(9-7-11)29-18(22,23)17(19,20)21/h2-9H,1H3. The predicted molar refractivity (Wildman–Crippen MR) is 88.1 cm³/mol. The number of hydrogen-bond donors (Lipinski definition) is 0. The summed E-state index contributed by atoms with van der Waals surface area (Å²) in [4.78, 5) is 11.4. The fraction of sp³-hybridized carbons (Fsp3) is 0.167. The number of aromatic nitrogens is 2. The van der Waals surface area contributed by atoms with Gasteiger partial charge >= 0.3 is 18.3 Å². The van der Waals surface area contributed by atoms with Gasteiger partial charge in [-0.3, -0.25) is 0 Å². The highest BCUT2D eigenvalue weighted by molar-refractivity contribution is 5.89. The highest BCUT2D eigenvalue weighted by atomic mass is 19.4. The van der Waals surface area contributed by atoms with Gasteiger partial charge in [0, 0.05) is 11.1 Å². The van der Waals surface area contributed by atoms with Crippen LogP contribution in [0, 0.1) is 0 Å². The zero-order valence-electron chi connectivity index (χ0n) is 14.5. The fourth-order valence-electron chi connectivity index (χ4n) is 2.19. The van der Waals surface area contributed by atoms with Crippen molar-refractivity contribution in [1.82, 2.24) is 10.2 Å². The number of benzene rings is 2. The molecule has 0 unspecified atom stereocenters. The number of rotatable bonds is 5. The molecule has 152 valence electrons. The van der Waals surface area contributed by atoms with E-state index in [1.807, 2.05) is 0 Å². The summed E-state index contributed by atoms with van der Waals surface area (Å²) in [6.45, 7) is 0. The zero-order valence-corrected chi connectivity index (χ0v) is 14.5. The maximum atomic E-state index is 12.9. The van der Waals surface area contributed by atoms with Crippen LogP contribution >= 0.6 is 0 Å². The second kappa shape index (κ2) is 7.49. The van der Waals surface area contributed by atoms with Crippen molar-refractivity contribution >= 4 is 5.97 Å². The molecule has 0 amide bonds. The summed E-state index contributed by atoms with van der Waals surface area (Å²) in [6.07, 6.45) is -11.2. The average molecular weight is 414 g/mol. The van der Waals surface area contributed by atoms with Gasteiger partial charge in [-0.1, -0.05) is 0 Å². The van der Waals surface area contributed by atoms with Crippen LogP contribution in [0.25, 0.3) is 22.9 Å². The molecular weight excluding hydrogens is 403 g/mol. The summed E-state index contributed by atoms with van der Waals surface area (Å²) in [7, 11) is 1.25. The fourth-order valence-corrected chi connectivity index (χ4v) is 2.19. The number of methoxy groups -OCH3 is 1. The average Bonchev–Trinajstić information content (AvgIpc) is 3.17. The lowest BCUT2D eigenvalue weighted by molar-refractivity contribution is -0.360. The molecule has 3 aromatic rings. The Kier molecular flexibility index (Phi) is 5.23. The lowest BCUT2D eigenvalue weighted by Gasteiger charge is -2.20. The molecule has 0 aliphatic carbocycles. The first-order chi connectivity index (χ1) is 13.6. The Morgan fingerprint density at radius 1 is 0.862 bits per heavy atom. The van der Waals surface area contributed by atoms with E-state index in [1.165, 1.54) is 31.4 Å². The molecule has 29 heavy (non-hydrogen) atoms. The van der Waals surface area contributed by atoms with Gasteiger partial charge in [-0.2, -0.15) is 22.0 Å². The van der Waals surface area contributed by atoms with Gasteiger partial charge in [-0.15, -0.1) is 10.2 Å². The Bertz CT molecular complexity index is 998. The molecule has 0 N–H and O–H groups in total. The van der Waals surface area contributed by atoms with E-state index < -0.39 is 24.0 Å². The van der Waals surface area contributed by atoms with Crippen molar-refractivity contribution in [2.45, 2.75) is 12.3 Å². The molecule has 0 radical (unpaired) electrons. The van der Waals surface area contributed by atoms with Crippen LogP contribution in [0.2, 0.25) is 0 Å². The van der Waals surface area contributed by atoms with Gasteiger partial charge in [-0.05, 0) is 48.5 Å². The Hall–Kier alpha value is -3.50. The van der Waals surface area contributed by atoms with Crippen LogP contribution in [0.5, 0.6) is 5.75 Å². The van der Waals surface area contributed by atoms with E-state index >= 15 is 0 Å². The minimum Gasteiger partial charge on any atom is -0.465 e. The van der Waals surface area contributed by atoms with Crippen LogP contribution in [-0.4, -0.2) is 35.6 Å². The summed E-state index contributed by atoms with van der Waals surface area (Å²) in [5, 5.41) is 7.64. The van der Waals surface area contributed by atoms with E-state index in [1.54, 1.807) is 12.1 Å². The molecule has 0 saturated carbocycles. The first kappa shape index (κ1) is 20.2. The van der Waals surface area contributed by atoms with Crippen LogP contribution in [0.15, 0.2) is 52.9 Å². The lowest BCUT2D eigenvalue weighted by Crippen LogP contribution is -2.41. The smallest absolute Gasteiger partial charge is 0.465 e. The van der Waals surface area contributed by atoms with Crippen molar-refractivity contribution in [3.63, 3.8) is 0 Å². The highest BCUT2D eigenvalue weighted by Gasteiger charge is 2.61. The molecule has 11 heteroatoms. The zero-order chi connectivity index (χ0) is 21.2. The summed E-state index contributed by atoms with van der Waals surface area (Å²) >= 11 is 0. The van der Waals surface area contributed by atoms with Crippen LogP contribution in [0.4, 0.5) is 22.0 Å². The van der Waals surface area contributed by atoms with Gasteiger partial charge in [0.25, 0.3) is 0 Å². The molecule has 1 heterocycles. The Labute approximate surface area is 159 Å². The van der Waals surface area contributed by atoms with Crippen LogP contribution in [0.1, 0.15) is 10.4 Å². The second-order valence-electron chi connectivity index (χ2n) is 5.62. The van der Waals surface area contributed by atoms with E-state index in [-0.39, 0.29) is 17.3 Å². The Balaban J connectivity index is 1.76. The maximum absolute atomic E-state index is 12.9. The first-order valence-electron chi connectivity index (χ1n) is 7.87. The molecule has 0 fully saturated rings. The third-order valence-corrected chi connectivity index (χ3v) is 3.66. The van der Waals surface area contributed by atoms with Gasteiger partial charge in [0.15, 0.2) is 0 Å². The number of carbonyl (C=O) groups is 1. The minimum absolute atomic E-state index is 0.00572. The third-order valence-electron chi connectivity index (χ3n) is 3.66. The molecular formula is C18H11F5N2O4. The van der Waals surface area contributed by atoms with Gasteiger partial charge in [0.05, 0.1) is 12.7 Å². The van der Waals surface area contributed by atoms with Gasteiger partial charge in [0.1, 0.15) is 5.75 Å². The lowest BCUT2D eigenvalue weighted by atomic mass is 10.1. The summed E-state index contributed by atoms with van der Waals surface area (Å²) in [5.74, 6) is -1.08. The van der Waals surface area contributed by atoms with E-state index in [0.29, 0.717) is 11.1 Å². The molecule has 0 bridgehead atoms. The molecule has 1 aromatic heterocycles. The van der Waals surface area contributed by atoms with Crippen molar-refractivity contribution in [3.8, 4) is 28.7 Å². The normalized spacial score (nSPS) is 11.9. The minimum atomic E-state index is -5.84. The van der Waals surface area contributed by atoms with E-state index in [4.69, 9.17) is 4.42 Å². The first-order valence-corrected chi connectivity index (χ1v) is 7.87. The molecule has 0 aliphatic heterocycles. The van der Waals surface area contributed by atoms with Crippen molar-refractivity contribution in [2.24, 2.45) is 0 Å². The number of ether oxygens (including phenoxy) is 2. The number of nitrogens with zero attached hydrogens (tertiary/aromatic N) is 2. The van der Waals surface area contributed by atoms with Gasteiger partial charge in [0.2, 0.25) is 11.8 Å².